The number of rotatable bonds is 5. The van der Waals surface area contributed by atoms with E-state index in [-0.39, 0.29) is 24.5 Å². The first-order chi connectivity index (χ1) is 12.0. The quantitative estimate of drug-likeness (QED) is 0.900. The van der Waals surface area contributed by atoms with Gasteiger partial charge in [-0.15, -0.1) is 0 Å². The van der Waals surface area contributed by atoms with Crippen molar-refractivity contribution in [2.75, 3.05) is 19.7 Å². The normalized spacial score (nSPS) is 20.1. The summed E-state index contributed by atoms with van der Waals surface area (Å²) >= 11 is 0. The summed E-state index contributed by atoms with van der Waals surface area (Å²) in [4.78, 5) is 18.7. The number of aromatic nitrogens is 1. The van der Waals surface area contributed by atoms with Crippen molar-refractivity contribution in [3.63, 3.8) is 0 Å². The summed E-state index contributed by atoms with van der Waals surface area (Å²) in [5, 5.41) is 0. The first-order valence-corrected chi connectivity index (χ1v) is 8.67. The predicted octanol–water partition coefficient (Wildman–Crippen LogP) is 2.19. The molecule has 3 rings (SSSR count). The molecule has 1 aliphatic rings. The molecule has 2 aromatic rings. The van der Waals surface area contributed by atoms with Crippen molar-refractivity contribution in [3.05, 3.63) is 47.2 Å². The molecule has 134 valence electrons. The lowest BCUT2D eigenvalue weighted by atomic mass is 10.0. The molecule has 3 heterocycles. The van der Waals surface area contributed by atoms with E-state index in [4.69, 9.17) is 14.9 Å². The predicted molar refractivity (Wildman–Crippen MR) is 94.6 cm³/mol. The molecule has 1 amide bonds. The van der Waals surface area contributed by atoms with Gasteiger partial charge in [0.1, 0.15) is 17.3 Å². The molecule has 6 nitrogen and oxygen atoms in total. The Morgan fingerprint density at radius 1 is 1.32 bits per heavy atom. The van der Waals surface area contributed by atoms with E-state index in [1.54, 1.807) is 4.90 Å². The van der Waals surface area contributed by atoms with E-state index in [9.17, 15) is 4.79 Å². The summed E-state index contributed by atoms with van der Waals surface area (Å²) in [7, 11) is 0. The van der Waals surface area contributed by atoms with Crippen molar-refractivity contribution in [2.24, 2.45) is 5.73 Å². The highest BCUT2D eigenvalue weighted by Gasteiger charge is 2.35. The summed E-state index contributed by atoms with van der Waals surface area (Å²) < 4.78 is 11.4. The van der Waals surface area contributed by atoms with Gasteiger partial charge in [-0.25, -0.2) is 0 Å². The van der Waals surface area contributed by atoms with Crippen LogP contribution < -0.4 is 10.5 Å². The molecule has 2 atom stereocenters. The summed E-state index contributed by atoms with van der Waals surface area (Å²) in [6.07, 6.45) is 0.764. The Hall–Kier alpha value is -2.34. The van der Waals surface area contributed by atoms with Crippen LogP contribution in [0.4, 0.5) is 0 Å². The topological polar surface area (TPSA) is 81.6 Å². The van der Waals surface area contributed by atoms with Gasteiger partial charge in [0.15, 0.2) is 6.61 Å². The molecule has 2 aromatic heterocycles. The average Bonchev–Trinajstić information content (AvgIpc) is 3.18. The third-order valence-corrected chi connectivity index (χ3v) is 4.60. The summed E-state index contributed by atoms with van der Waals surface area (Å²) in [5.41, 5.74) is 8.03. The second-order valence-corrected chi connectivity index (χ2v) is 6.56. The molecule has 0 saturated carbocycles. The zero-order chi connectivity index (χ0) is 18.0. The number of amides is 1. The van der Waals surface area contributed by atoms with Crippen LogP contribution in [0.15, 0.2) is 28.7 Å². The van der Waals surface area contributed by atoms with Crippen LogP contribution in [0.3, 0.4) is 0 Å². The Morgan fingerprint density at radius 3 is 2.80 bits per heavy atom. The Balaban J connectivity index is 1.61. The molecule has 0 spiro atoms. The Bertz CT molecular complexity index is 756. The summed E-state index contributed by atoms with van der Waals surface area (Å²) in [6.45, 7) is 6.93. The number of aryl methyl sites for hydroxylation is 3. The van der Waals surface area contributed by atoms with E-state index < -0.39 is 0 Å². The molecule has 0 radical (unpaired) electrons. The Morgan fingerprint density at radius 2 is 2.12 bits per heavy atom. The highest BCUT2D eigenvalue weighted by molar-refractivity contribution is 5.78. The first kappa shape index (κ1) is 17.5. The van der Waals surface area contributed by atoms with Crippen molar-refractivity contribution in [1.29, 1.82) is 0 Å². The summed E-state index contributed by atoms with van der Waals surface area (Å²) in [5.74, 6) is 2.34. The van der Waals surface area contributed by atoms with Crippen molar-refractivity contribution in [3.8, 4) is 5.75 Å². The van der Waals surface area contributed by atoms with Crippen LogP contribution in [0.25, 0.3) is 0 Å². The van der Waals surface area contributed by atoms with E-state index in [1.165, 1.54) is 0 Å². The third kappa shape index (κ3) is 3.85. The van der Waals surface area contributed by atoms with E-state index >= 15 is 0 Å². The highest BCUT2D eigenvalue weighted by Crippen LogP contribution is 2.28. The molecule has 6 heteroatoms. The third-order valence-electron chi connectivity index (χ3n) is 4.60. The molecule has 2 N–H and O–H groups in total. The van der Waals surface area contributed by atoms with Crippen LogP contribution in [0, 0.1) is 13.8 Å². The maximum absolute atomic E-state index is 12.5. The van der Waals surface area contributed by atoms with Gasteiger partial charge in [0.05, 0.1) is 11.6 Å². The van der Waals surface area contributed by atoms with Gasteiger partial charge in [-0.3, -0.25) is 9.78 Å². The van der Waals surface area contributed by atoms with E-state index in [2.05, 4.69) is 4.98 Å². The number of furan rings is 1. The van der Waals surface area contributed by atoms with E-state index in [1.807, 2.05) is 45.0 Å². The molecule has 0 bridgehead atoms. The molecule has 1 fully saturated rings. The molecule has 25 heavy (non-hydrogen) atoms. The number of hydrogen-bond acceptors (Lipinski definition) is 5. The van der Waals surface area contributed by atoms with Gasteiger partial charge in [0.2, 0.25) is 0 Å². The average molecular weight is 343 g/mol. The molecule has 2 unspecified atom stereocenters. The lowest BCUT2D eigenvalue weighted by Crippen LogP contribution is -2.35. The second kappa shape index (κ2) is 7.27. The summed E-state index contributed by atoms with van der Waals surface area (Å²) in [6, 6.07) is 7.50. The van der Waals surface area contributed by atoms with Gasteiger partial charge in [-0.1, -0.05) is 6.92 Å². The van der Waals surface area contributed by atoms with Crippen molar-refractivity contribution in [1.82, 2.24) is 9.88 Å². The van der Waals surface area contributed by atoms with Crippen LogP contribution in [0.1, 0.15) is 35.7 Å². The smallest absolute Gasteiger partial charge is 0.260 e. The van der Waals surface area contributed by atoms with E-state index in [0.717, 1.165) is 29.3 Å². The van der Waals surface area contributed by atoms with Gasteiger partial charge in [-0.2, -0.15) is 0 Å². The number of hydrogen-bond donors (Lipinski definition) is 1. The van der Waals surface area contributed by atoms with Crippen LogP contribution in [-0.4, -0.2) is 41.5 Å². The lowest BCUT2D eigenvalue weighted by Gasteiger charge is -2.17. The first-order valence-electron chi connectivity index (χ1n) is 8.67. The zero-order valence-corrected chi connectivity index (χ0v) is 15.0. The number of nitrogens with zero attached hydrogens (tertiary/aromatic N) is 2. The molecular weight excluding hydrogens is 318 g/mol. The lowest BCUT2D eigenvalue weighted by molar-refractivity contribution is -0.132. The highest BCUT2D eigenvalue weighted by atomic mass is 16.5. The van der Waals surface area contributed by atoms with Crippen molar-refractivity contribution >= 4 is 5.91 Å². The SMILES string of the molecule is CCc1nc(C)ccc1OCC(=O)N1CC(N)C(c2ccc(C)o2)C1. The fourth-order valence-corrected chi connectivity index (χ4v) is 3.20. The monoisotopic (exact) mass is 343 g/mol. The van der Waals surface area contributed by atoms with Crippen LogP contribution >= 0.6 is 0 Å². The Labute approximate surface area is 148 Å². The number of carbonyl (C=O) groups excluding carboxylic acids is 1. The van der Waals surface area contributed by atoms with Crippen LogP contribution in [0.5, 0.6) is 5.75 Å². The minimum absolute atomic E-state index is 0.00559. The molecule has 0 aromatic carbocycles. The van der Waals surface area contributed by atoms with Gasteiger partial charge in [0.25, 0.3) is 5.91 Å². The minimum atomic E-state index is -0.123. The Kier molecular flexibility index (Phi) is 5.08. The number of nitrogens with two attached hydrogens (primary N) is 1. The largest absolute Gasteiger partial charge is 0.482 e. The van der Waals surface area contributed by atoms with Gasteiger partial charge in [-0.05, 0) is 44.5 Å². The standard InChI is InChI=1S/C19H25N3O3/c1-4-16-18(7-5-12(2)21-16)24-11-19(23)22-9-14(15(20)10-22)17-8-6-13(3)25-17/h5-8,14-15H,4,9-11,20H2,1-3H3. The maximum atomic E-state index is 12.5. The fraction of sp³-hybridized carbons (Fsp3) is 0.474. The number of likely N-dealkylation sites (tertiary alicyclic amines) is 1. The molecule has 1 aliphatic heterocycles. The molecule has 0 aliphatic carbocycles. The molecule has 1 saturated heterocycles. The van der Waals surface area contributed by atoms with Crippen LogP contribution in [0.2, 0.25) is 0 Å². The van der Waals surface area contributed by atoms with Gasteiger partial charge < -0.3 is 19.8 Å². The van der Waals surface area contributed by atoms with Gasteiger partial charge in [0, 0.05) is 24.8 Å². The minimum Gasteiger partial charge on any atom is -0.482 e. The van der Waals surface area contributed by atoms with Gasteiger partial charge >= 0.3 is 0 Å². The zero-order valence-electron chi connectivity index (χ0n) is 15.0. The van der Waals surface area contributed by atoms with Crippen molar-refractivity contribution < 1.29 is 13.9 Å². The van der Waals surface area contributed by atoms with E-state index in [0.29, 0.717) is 18.8 Å². The molecular formula is C19H25N3O3. The maximum Gasteiger partial charge on any atom is 0.260 e. The van der Waals surface area contributed by atoms with Crippen molar-refractivity contribution in [2.45, 2.75) is 39.2 Å². The second-order valence-electron chi connectivity index (χ2n) is 6.56. The van der Waals surface area contributed by atoms with Crippen LogP contribution in [-0.2, 0) is 11.2 Å². The number of ether oxygens (including phenoxy) is 1. The fourth-order valence-electron chi connectivity index (χ4n) is 3.20. The number of carbonyl (C=O) groups is 1. The number of pyridine rings is 1.